The molecule has 0 saturated carbocycles. The standard InChI is InChI=1S/C16H16ClNO/c17-14-7-3-9-16(19)13(14)11-18-10-4-6-12-5-1-2-8-15(12)18/h1-3,5,7-9,19H,4,6,10-11H2. The number of para-hydroxylation sites is 1. The lowest BCUT2D eigenvalue weighted by molar-refractivity contribution is 0.466. The molecular formula is C16H16ClNO. The van der Waals surface area contributed by atoms with Gasteiger partial charge < -0.3 is 10.0 Å². The molecule has 1 heterocycles. The molecule has 3 heteroatoms. The number of phenolic OH excluding ortho intramolecular Hbond substituents is 1. The average molecular weight is 274 g/mol. The van der Waals surface area contributed by atoms with Crippen LogP contribution >= 0.6 is 11.6 Å². The Hall–Kier alpha value is -1.67. The Kier molecular flexibility index (Phi) is 3.34. The van der Waals surface area contributed by atoms with E-state index in [1.807, 2.05) is 6.07 Å². The zero-order chi connectivity index (χ0) is 13.2. The van der Waals surface area contributed by atoms with Crippen LogP contribution in [0.1, 0.15) is 17.5 Å². The van der Waals surface area contributed by atoms with Crippen LogP contribution in [-0.2, 0) is 13.0 Å². The van der Waals surface area contributed by atoms with E-state index >= 15 is 0 Å². The third kappa shape index (κ3) is 2.41. The first-order valence-electron chi connectivity index (χ1n) is 6.55. The first-order valence-corrected chi connectivity index (χ1v) is 6.93. The first kappa shape index (κ1) is 12.4. The van der Waals surface area contributed by atoms with E-state index in [1.54, 1.807) is 12.1 Å². The van der Waals surface area contributed by atoms with E-state index < -0.39 is 0 Å². The van der Waals surface area contributed by atoms with Crippen molar-refractivity contribution in [3.05, 3.63) is 58.6 Å². The van der Waals surface area contributed by atoms with Gasteiger partial charge in [-0.25, -0.2) is 0 Å². The lowest BCUT2D eigenvalue weighted by atomic mass is 10.0. The molecule has 2 aromatic rings. The number of anilines is 1. The molecular weight excluding hydrogens is 258 g/mol. The molecule has 1 aliphatic heterocycles. The van der Waals surface area contributed by atoms with Crippen LogP contribution in [0.4, 0.5) is 5.69 Å². The molecule has 0 aromatic heterocycles. The van der Waals surface area contributed by atoms with Crippen molar-refractivity contribution >= 4 is 17.3 Å². The molecule has 0 bridgehead atoms. The van der Waals surface area contributed by atoms with Gasteiger partial charge in [0.15, 0.2) is 0 Å². The van der Waals surface area contributed by atoms with Crippen LogP contribution in [0.15, 0.2) is 42.5 Å². The molecule has 0 saturated heterocycles. The van der Waals surface area contributed by atoms with Crippen LogP contribution < -0.4 is 4.90 Å². The average Bonchev–Trinajstić information content (AvgIpc) is 2.43. The summed E-state index contributed by atoms with van der Waals surface area (Å²) >= 11 is 6.19. The molecule has 1 N–H and O–H groups in total. The molecule has 19 heavy (non-hydrogen) atoms. The number of hydrogen-bond donors (Lipinski definition) is 1. The van der Waals surface area contributed by atoms with E-state index in [9.17, 15) is 5.11 Å². The van der Waals surface area contributed by atoms with Crippen molar-refractivity contribution in [2.75, 3.05) is 11.4 Å². The largest absolute Gasteiger partial charge is 0.508 e. The van der Waals surface area contributed by atoms with Crippen molar-refractivity contribution in [1.82, 2.24) is 0 Å². The van der Waals surface area contributed by atoms with Gasteiger partial charge in [-0.15, -0.1) is 0 Å². The summed E-state index contributed by atoms with van der Waals surface area (Å²) in [4.78, 5) is 2.29. The lowest BCUT2D eigenvalue weighted by Crippen LogP contribution is -2.28. The van der Waals surface area contributed by atoms with Gasteiger partial charge in [0.05, 0.1) is 0 Å². The number of aromatic hydroxyl groups is 1. The van der Waals surface area contributed by atoms with Crippen LogP contribution in [0.5, 0.6) is 5.75 Å². The van der Waals surface area contributed by atoms with Crippen LogP contribution in [-0.4, -0.2) is 11.7 Å². The summed E-state index contributed by atoms with van der Waals surface area (Å²) in [5.41, 5.74) is 3.44. The fourth-order valence-electron chi connectivity index (χ4n) is 2.67. The number of phenols is 1. The lowest BCUT2D eigenvalue weighted by Gasteiger charge is -2.31. The number of halogens is 1. The highest BCUT2D eigenvalue weighted by atomic mass is 35.5. The maximum Gasteiger partial charge on any atom is 0.122 e. The highest BCUT2D eigenvalue weighted by molar-refractivity contribution is 6.31. The monoisotopic (exact) mass is 273 g/mol. The van der Waals surface area contributed by atoms with E-state index in [4.69, 9.17) is 11.6 Å². The minimum Gasteiger partial charge on any atom is -0.508 e. The predicted octanol–water partition coefficient (Wildman–Crippen LogP) is 4.00. The molecule has 0 radical (unpaired) electrons. The summed E-state index contributed by atoms with van der Waals surface area (Å²) in [6.45, 7) is 1.66. The van der Waals surface area contributed by atoms with Crippen molar-refractivity contribution in [3.63, 3.8) is 0 Å². The Morgan fingerprint density at radius 1 is 1.11 bits per heavy atom. The van der Waals surface area contributed by atoms with Gasteiger partial charge in [-0.3, -0.25) is 0 Å². The molecule has 0 atom stereocenters. The minimum atomic E-state index is 0.274. The highest BCUT2D eigenvalue weighted by Crippen LogP contribution is 2.32. The molecule has 0 unspecified atom stereocenters. The summed E-state index contributed by atoms with van der Waals surface area (Å²) in [6, 6.07) is 13.7. The van der Waals surface area contributed by atoms with E-state index in [1.165, 1.54) is 11.3 Å². The third-order valence-corrected chi connectivity index (χ3v) is 4.00. The maximum absolute atomic E-state index is 9.96. The second kappa shape index (κ2) is 5.14. The number of nitrogens with zero attached hydrogens (tertiary/aromatic N) is 1. The normalized spacial score (nSPS) is 14.3. The summed E-state index contributed by atoms with van der Waals surface area (Å²) in [5.74, 6) is 0.274. The SMILES string of the molecule is Oc1cccc(Cl)c1CN1CCCc2ccccc21. The van der Waals surface area contributed by atoms with Crippen LogP contribution in [0.3, 0.4) is 0 Å². The Labute approximate surface area is 118 Å². The third-order valence-electron chi connectivity index (χ3n) is 3.65. The molecule has 0 spiro atoms. The van der Waals surface area contributed by atoms with Gasteiger partial charge in [-0.2, -0.15) is 0 Å². The van der Waals surface area contributed by atoms with Gasteiger partial charge in [0.1, 0.15) is 5.75 Å². The Bertz CT molecular complexity index is 577. The fourth-order valence-corrected chi connectivity index (χ4v) is 2.90. The second-order valence-electron chi connectivity index (χ2n) is 4.89. The topological polar surface area (TPSA) is 23.5 Å². The summed E-state index contributed by atoms with van der Waals surface area (Å²) in [6.07, 6.45) is 2.27. The number of benzene rings is 2. The highest BCUT2D eigenvalue weighted by Gasteiger charge is 2.18. The first-order chi connectivity index (χ1) is 9.25. The quantitative estimate of drug-likeness (QED) is 0.894. The molecule has 1 aliphatic rings. The zero-order valence-electron chi connectivity index (χ0n) is 10.6. The zero-order valence-corrected chi connectivity index (χ0v) is 11.4. The Morgan fingerprint density at radius 3 is 2.79 bits per heavy atom. The van der Waals surface area contributed by atoms with Gasteiger partial charge in [0.25, 0.3) is 0 Å². The number of aryl methyl sites for hydroxylation is 1. The molecule has 0 fully saturated rings. The van der Waals surface area contributed by atoms with Gasteiger partial charge in [-0.1, -0.05) is 35.9 Å². The van der Waals surface area contributed by atoms with Crippen molar-refractivity contribution in [2.24, 2.45) is 0 Å². The predicted molar refractivity (Wildman–Crippen MR) is 78.9 cm³/mol. The maximum atomic E-state index is 9.96. The molecule has 3 rings (SSSR count). The summed E-state index contributed by atoms with van der Waals surface area (Å²) in [7, 11) is 0. The molecule has 2 nitrogen and oxygen atoms in total. The number of fused-ring (bicyclic) bond motifs is 1. The van der Waals surface area contributed by atoms with Crippen LogP contribution in [0.25, 0.3) is 0 Å². The van der Waals surface area contributed by atoms with Crippen molar-refractivity contribution in [1.29, 1.82) is 0 Å². The smallest absolute Gasteiger partial charge is 0.122 e. The molecule has 0 amide bonds. The van der Waals surface area contributed by atoms with E-state index in [0.29, 0.717) is 11.6 Å². The van der Waals surface area contributed by atoms with Crippen molar-refractivity contribution in [3.8, 4) is 5.75 Å². The van der Waals surface area contributed by atoms with Gasteiger partial charge >= 0.3 is 0 Å². The van der Waals surface area contributed by atoms with E-state index in [2.05, 4.69) is 29.2 Å². The minimum absolute atomic E-state index is 0.274. The fraction of sp³-hybridized carbons (Fsp3) is 0.250. The summed E-state index contributed by atoms with van der Waals surface area (Å²) < 4.78 is 0. The summed E-state index contributed by atoms with van der Waals surface area (Å²) in [5, 5.41) is 10.6. The van der Waals surface area contributed by atoms with Gasteiger partial charge in [-0.05, 0) is 36.6 Å². The van der Waals surface area contributed by atoms with Crippen molar-refractivity contribution < 1.29 is 5.11 Å². The van der Waals surface area contributed by atoms with Crippen LogP contribution in [0, 0.1) is 0 Å². The molecule has 2 aromatic carbocycles. The molecule has 0 aliphatic carbocycles. The number of hydrogen-bond acceptors (Lipinski definition) is 2. The Balaban J connectivity index is 1.93. The van der Waals surface area contributed by atoms with E-state index in [0.717, 1.165) is 24.9 Å². The molecule has 98 valence electrons. The number of rotatable bonds is 2. The van der Waals surface area contributed by atoms with Crippen molar-refractivity contribution in [2.45, 2.75) is 19.4 Å². The van der Waals surface area contributed by atoms with E-state index in [-0.39, 0.29) is 5.75 Å². The Morgan fingerprint density at radius 2 is 1.95 bits per heavy atom. The second-order valence-corrected chi connectivity index (χ2v) is 5.30. The van der Waals surface area contributed by atoms with Gasteiger partial charge in [0, 0.05) is 29.4 Å². The van der Waals surface area contributed by atoms with Crippen LogP contribution in [0.2, 0.25) is 5.02 Å². The van der Waals surface area contributed by atoms with Gasteiger partial charge in [0.2, 0.25) is 0 Å².